The first-order valence-corrected chi connectivity index (χ1v) is 8.21. The van der Waals surface area contributed by atoms with Crippen LogP contribution in [0.2, 0.25) is 0 Å². The van der Waals surface area contributed by atoms with E-state index in [-0.39, 0.29) is 30.7 Å². The van der Waals surface area contributed by atoms with Crippen LogP contribution in [0.25, 0.3) is 0 Å². The number of fused-ring (bicyclic) bond motifs is 1. The third kappa shape index (κ3) is 3.18. The number of benzene rings is 2. The van der Waals surface area contributed by atoms with Gasteiger partial charge in [-0.2, -0.15) is 0 Å². The van der Waals surface area contributed by atoms with Crippen molar-refractivity contribution in [3.05, 3.63) is 64.2 Å². The zero-order valence-corrected chi connectivity index (χ0v) is 14.6. The van der Waals surface area contributed by atoms with Gasteiger partial charge in [0, 0.05) is 18.7 Å². The second-order valence-corrected chi connectivity index (χ2v) is 6.38. The van der Waals surface area contributed by atoms with Gasteiger partial charge in [-0.25, -0.2) is 0 Å². The van der Waals surface area contributed by atoms with Crippen LogP contribution in [0.1, 0.15) is 43.8 Å². The molecule has 0 unspecified atom stereocenters. The minimum absolute atomic E-state index is 0.0677. The first kappa shape index (κ1) is 16.9. The molecule has 3 rings (SSSR count). The van der Waals surface area contributed by atoms with Crippen molar-refractivity contribution in [1.29, 1.82) is 0 Å². The molecule has 1 aliphatic rings. The van der Waals surface area contributed by atoms with Gasteiger partial charge in [0.05, 0.1) is 11.1 Å². The standard InChI is InChI=1S/C20H20N2O3/c1-12-10-13(2)18(14(3)11-12)21-17(23)8-9-22-19(24)15-6-4-5-7-16(15)20(22)25/h4-7,10-11H,8-9H2,1-3H3,(H,21,23). The summed E-state index contributed by atoms with van der Waals surface area (Å²) < 4.78 is 0. The molecule has 2 aromatic carbocycles. The van der Waals surface area contributed by atoms with Gasteiger partial charge in [0.15, 0.2) is 0 Å². The Morgan fingerprint density at radius 2 is 1.48 bits per heavy atom. The van der Waals surface area contributed by atoms with E-state index in [1.165, 1.54) is 0 Å². The van der Waals surface area contributed by atoms with Crippen molar-refractivity contribution < 1.29 is 14.4 Å². The maximum atomic E-state index is 12.3. The van der Waals surface area contributed by atoms with Crippen molar-refractivity contribution in [1.82, 2.24) is 4.90 Å². The van der Waals surface area contributed by atoms with Gasteiger partial charge >= 0.3 is 0 Å². The van der Waals surface area contributed by atoms with Crippen LogP contribution in [0.5, 0.6) is 0 Å². The number of aryl methyl sites for hydroxylation is 3. The van der Waals surface area contributed by atoms with E-state index in [0.29, 0.717) is 11.1 Å². The second-order valence-electron chi connectivity index (χ2n) is 6.38. The average molecular weight is 336 g/mol. The van der Waals surface area contributed by atoms with Gasteiger partial charge in [-0.1, -0.05) is 29.8 Å². The van der Waals surface area contributed by atoms with Crippen molar-refractivity contribution in [2.75, 3.05) is 11.9 Å². The predicted octanol–water partition coefficient (Wildman–Crippen LogP) is 3.24. The van der Waals surface area contributed by atoms with E-state index < -0.39 is 0 Å². The molecule has 0 spiro atoms. The first-order valence-electron chi connectivity index (χ1n) is 8.21. The molecule has 1 heterocycles. The van der Waals surface area contributed by atoms with Gasteiger partial charge < -0.3 is 5.32 Å². The van der Waals surface area contributed by atoms with Gasteiger partial charge in [-0.3, -0.25) is 19.3 Å². The molecule has 2 aromatic rings. The Hall–Kier alpha value is -2.95. The number of imide groups is 1. The third-order valence-corrected chi connectivity index (χ3v) is 4.38. The number of amides is 3. The number of carbonyl (C=O) groups excluding carboxylic acids is 3. The Labute approximate surface area is 146 Å². The fourth-order valence-corrected chi connectivity index (χ4v) is 3.23. The molecule has 3 amide bonds. The summed E-state index contributed by atoms with van der Waals surface area (Å²) in [7, 11) is 0. The second kappa shape index (κ2) is 6.51. The molecule has 128 valence electrons. The van der Waals surface area contributed by atoms with Gasteiger partial charge in [-0.15, -0.1) is 0 Å². The molecule has 0 aliphatic carbocycles. The Morgan fingerprint density at radius 3 is 2.00 bits per heavy atom. The van der Waals surface area contributed by atoms with E-state index in [0.717, 1.165) is 27.3 Å². The van der Waals surface area contributed by atoms with Crippen molar-refractivity contribution in [2.24, 2.45) is 0 Å². The summed E-state index contributed by atoms with van der Waals surface area (Å²) in [4.78, 5) is 38.0. The smallest absolute Gasteiger partial charge is 0.261 e. The predicted molar refractivity (Wildman–Crippen MR) is 95.7 cm³/mol. The first-order chi connectivity index (χ1) is 11.9. The quantitative estimate of drug-likeness (QED) is 0.872. The lowest BCUT2D eigenvalue weighted by molar-refractivity contribution is -0.116. The van der Waals surface area contributed by atoms with Crippen LogP contribution in [-0.4, -0.2) is 29.2 Å². The number of carbonyl (C=O) groups is 3. The summed E-state index contributed by atoms with van der Waals surface area (Å²) in [5, 5.41) is 2.89. The fourth-order valence-electron chi connectivity index (χ4n) is 3.23. The molecule has 0 fully saturated rings. The highest BCUT2D eigenvalue weighted by molar-refractivity contribution is 6.21. The number of nitrogens with one attached hydrogen (secondary N) is 1. The van der Waals surface area contributed by atoms with Crippen LogP contribution in [0.3, 0.4) is 0 Å². The normalized spacial score (nSPS) is 13.2. The van der Waals surface area contributed by atoms with Crippen LogP contribution in [0.4, 0.5) is 5.69 Å². The number of anilines is 1. The maximum Gasteiger partial charge on any atom is 0.261 e. The van der Waals surface area contributed by atoms with E-state index in [1.54, 1.807) is 24.3 Å². The zero-order chi connectivity index (χ0) is 18.1. The fraction of sp³-hybridized carbons (Fsp3) is 0.250. The summed E-state index contributed by atoms with van der Waals surface area (Å²) in [5.41, 5.74) is 4.71. The van der Waals surface area contributed by atoms with E-state index in [2.05, 4.69) is 5.32 Å². The molecule has 0 saturated carbocycles. The van der Waals surface area contributed by atoms with Crippen LogP contribution in [-0.2, 0) is 4.79 Å². The number of nitrogens with zero attached hydrogens (tertiary/aromatic N) is 1. The van der Waals surface area contributed by atoms with Crippen LogP contribution >= 0.6 is 0 Å². The lowest BCUT2D eigenvalue weighted by Crippen LogP contribution is -2.33. The van der Waals surface area contributed by atoms with Crippen molar-refractivity contribution in [3.8, 4) is 0 Å². The Balaban J connectivity index is 1.66. The van der Waals surface area contributed by atoms with Gasteiger partial charge in [0.25, 0.3) is 11.8 Å². The topological polar surface area (TPSA) is 66.5 Å². The average Bonchev–Trinajstić information content (AvgIpc) is 2.81. The molecule has 5 nitrogen and oxygen atoms in total. The van der Waals surface area contributed by atoms with E-state index >= 15 is 0 Å². The zero-order valence-electron chi connectivity index (χ0n) is 14.6. The van der Waals surface area contributed by atoms with Crippen molar-refractivity contribution in [3.63, 3.8) is 0 Å². The van der Waals surface area contributed by atoms with Gasteiger partial charge in [0.2, 0.25) is 5.91 Å². The Kier molecular flexibility index (Phi) is 4.40. The molecule has 5 heteroatoms. The van der Waals surface area contributed by atoms with E-state index in [4.69, 9.17) is 0 Å². The highest BCUT2D eigenvalue weighted by Crippen LogP contribution is 2.24. The number of hydrogen-bond donors (Lipinski definition) is 1. The monoisotopic (exact) mass is 336 g/mol. The Bertz CT molecular complexity index is 828. The molecule has 1 aliphatic heterocycles. The summed E-state index contributed by atoms with van der Waals surface area (Å²) >= 11 is 0. The highest BCUT2D eigenvalue weighted by atomic mass is 16.2. The highest BCUT2D eigenvalue weighted by Gasteiger charge is 2.34. The van der Waals surface area contributed by atoms with Crippen LogP contribution in [0.15, 0.2) is 36.4 Å². The molecule has 0 atom stereocenters. The SMILES string of the molecule is Cc1cc(C)c(NC(=O)CCN2C(=O)c3ccccc3C2=O)c(C)c1. The molecule has 0 saturated heterocycles. The molecule has 1 N–H and O–H groups in total. The number of rotatable bonds is 4. The molecule has 0 aromatic heterocycles. The lowest BCUT2D eigenvalue weighted by atomic mass is 10.1. The summed E-state index contributed by atoms with van der Waals surface area (Å²) in [6.07, 6.45) is 0.0677. The third-order valence-electron chi connectivity index (χ3n) is 4.38. The van der Waals surface area contributed by atoms with Gasteiger partial charge in [0.1, 0.15) is 0 Å². The van der Waals surface area contributed by atoms with Crippen molar-refractivity contribution in [2.45, 2.75) is 27.2 Å². The maximum absolute atomic E-state index is 12.3. The van der Waals surface area contributed by atoms with Gasteiger partial charge in [-0.05, 0) is 44.0 Å². The summed E-state index contributed by atoms with van der Waals surface area (Å²) in [6, 6.07) is 10.7. The minimum atomic E-state index is -0.337. The molecular weight excluding hydrogens is 316 g/mol. The molecule has 25 heavy (non-hydrogen) atoms. The summed E-state index contributed by atoms with van der Waals surface area (Å²) in [5.74, 6) is -0.890. The number of hydrogen-bond acceptors (Lipinski definition) is 3. The molecular formula is C20H20N2O3. The van der Waals surface area contributed by atoms with E-state index in [1.807, 2.05) is 32.9 Å². The largest absolute Gasteiger partial charge is 0.326 e. The van der Waals surface area contributed by atoms with E-state index in [9.17, 15) is 14.4 Å². The minimum Gasteiger partial charge on any atom is -0.326 e. The Morgan fingerprint density at radius 1 is 0.960 bits per heavy atom. The van der Waals surface area contributed by atoms with Crippen LogP contribution < -0.4 is 5.32 Å². The molecule has 0 radical (unpaired) electrons. The van der Waals surface area contributed by atoms with Crippen molar-refractivity contribution >= 4 is 23.4 Å². The lowest BCUT2D eigenvalue weighted by Gasteiger charge is -2.15. The summed E-state index contributed by atoms with van der Waals surface area (Å²) in [6.45, 7) is 5.97. The molecule has 0 bridgehead atoms. The van der Waals surface area contributed by atoms with Crippen LogP contribution in [0, 0.1) is 20.8 Å².